The van der Waals surface area contributed by atoms with Crippen LogP contribution in [0.2, 0.25) is 0 Å². The van der Waals surface area contributed by atoms with Crippen molar-refractivity contribution in [2.75, 3.05) is 0 Å². The van der Waals surface area contributed by atoms with Crippen molar-refractivity contribution in [2.45, 2.75) is 26.2 Å². The second kappa shape index (κ2) is 3.79. The zero-order valence-corrected chi connectivity index (χ0v) is 9.80. The first-order chi connectivity index (χ1) is 7.16. The monoisotopic (exact) mass is 242 g/mol. The molecule has 0 saturated heterocycles. The topological polar surface area (TPSA) is 100 Å². The molecule has 0 fully saturated rings. The molecule has 1 rings (SSSR count). The number of carboxylic acid groups (broad SMARTS) is 2. The second-order valence-electron chi connectivity index (χ2n) is 4.31. The van der Waals surface area contributed by atoms with Gasteiger partial charge < -0.3 is 20.1 Å². The first kappa shape index (κ1) is 12.5. The molecule has 1 N–H and O–H groups in total. The third-order valence-corrected chi connectivity index (χ3v) is 3.13. The van der Waals surface area contributed by atoms with Gasteiger partial charge >= 0.3 is 5.97 Å². The summed E-state index contributed by atoms with van der Waals surface area (Å²) in [5.74, 6) is -3.68. The van der Waals surface area contributed by atoms with E-state index in [-0.39, 0.29) is 10.4 Å². The van der Waals surface area contributed by atoms with Gasteiger partial charge in [0.25, 0.3) is 0 Å². The fraction of sp³-hybridized carbons (Fsp3) is 0.400. The molecule has 0 aliphatic heterocycles. The van der Waals surface area contributed by atoms with E-state index < -0.39 is 28.0 Å². The normalized spacial score (nSPS) is 11.4. The highest BCUT2D eigenvalue weighted by Crippen LogP contribution is 2.40. The number of carboxylic acids is 2. The van der Waals surface area contributed by atoms with E-state index in [1.807, 2.05) is 0 Å². The molecule has 0 aliphatic rings. The van der Waals surface area contributed by atoms with Crippen LogP contribution in [0.15, 0.2) is 0 Å². The largest absolute Gasteiger partial charge is 0.871 e. The van der Waals surface area contributed by atoms with Gasteiger partial charge in [0.2, 0.25) is 0 Å². The van der Waals surface area contributed by atoms with Crippen LogP contribution in [0.5, 0.6) is 5.75 Å². The summed E-state index contributed by atoms with van der Waals surface area (Å²) in [6, 6.07) is 0. The van der Waals surface area contributed by atoms with Gasteiger partial charge in [-0.25, -0.2) is 4.79 Å². The summed E-state index contributed by atoms with van der Waals surface area (Å²) in [5, 5.41) is 31.3. The fourth-order valence-electron chi connectivity index (χ4n) is 1.38. The maximum Gasteiger partial charge on any atom is 0.346 e. The van der Waals surface area contributed by atoms with Crippen LogP contribution >= 0.6 is 11.3 Å². The Morgan fingerprint density at radius 2 is 1.75 bits per heavy atom. The average Bonchev–Trinajstić information content (AvgIpc) is 2.41. The first-order valence-corrected chi connectivity index (χ1v) is 5.26. The number of hydrogen-bond acceptors (Lipinski definition) is 5. The Labute approximate surface area is 96.0 Å². The summed E-state index contributed by atoms with van der Waals surface area (Å²) in [5.41, 5.74) is -0.696. The van der Waals surface area contributed by atoms with Crippen LogP contribution in [0.1, 0.15) is 45.7 Å². The molecule has 1 aromatic heterocycles. The molecule has 0 aromatic carbocycles. The standard InChI is InChI=1S/C10H12O5S/c1-10(2,3)4-5(11)7(9(14)15)16-6(4)8(12)13/h11H,1-3H3,(H,12,13)(H,14,15)/p-2. The highest BCUT2D eigenvalue weighted by molar-refractivity contribution is 7.16. The lowest BCUT2D eigenvalue weighted by molar-refractivity contribution is -0.276. The van der Waals surface area contributed by atoms with Crippen LogP contribution in [0.25, 0.3) is 0 Å². The number of carbonyl (C=O) groups excluding carboxylic acids is 1. The van der Waals surface area contributed by atoms with Crippen molar-refractivity contribution in [2.24, 2.45) is 0 Å². The van der Waals surface area contributed by atoms with Crippen LogP contribution < -0.4 is 10.2 Å². The molecule has 0 amide bonds. The van der Waals surface area contributed by atoms with E-state index in [9.17, 15) is 19.8 Å². The van der Waals surface area contributed by atoms with E-state index in [4.69, 9.17) is 5.11 Å². The van der Waals surface area contributed by atoms with E-state index >= 15 is 0 Å². The van der Waals surface area contributed by atoms with Gasteiger partial charge in [-0.2, -0.15) is 0 Å². The first-order valence-electron chi connectivity index (χ1n) is 4.45. The van der Waals surface area contributed by atoms with Gasteiger partial charge in [0.1, 0.15) is 4.88 Å². The van der Waals surface area contributed by atoms with Gasteiger partial charge in [-0.3, -0.25) is 0 Å². The lowest BCUT2D eigenvalue weighted by atomic mass is 9.86. The van der Waals surface area contributed by atoms with Gasteiger partial charge in [0.05, 0.1) is 5.97 Å². The third kappa shape index (κ3) is 2.01. The van der Waals surface area contributed by atoms with Crippen molar-refractivity contribution >= 4 is 23.3 Å². The molecule has 0 saturated carbocycles. The SMILES string of the molecule is CC(C)(C)c1c(C(=O)O)sc(C(=O)[O-])c1[O-]. The molecule has 16 heavy (non-hydrogen) atoms. The van der Waals surface area contributed by atoms with E-state index in [0.717, 1.165) is 0 Å². The third-order valence-electron chi connectivity index (χ3n) is 1.99. The average molecular weight is 242 g/mol. The molecule has 1 heterocycles. The maximum absolute atomic E-state index is 11.7. The van der Waals surface area contributed by atoms with Gasteiger partial charge in [0.15, 0.2) is 0 Å². The number of hydrogen-bond donors (Lipinski definition) is 1. The molecule has 6 heteroatoms. The quantitative estimate of drug-likeness (QED) is 0.797. The molecular weight excluding hydrogens is 232 g/mol. The molecule has 0 atom stereocenters. The van der Waals surface area contributed by atoms with Crippen LogP contribution in [0.4, 0.5) is 0 Å². The van der Waals surface area contributed by atoms with Gasteiger partial charge in [-0.15, -0.1) is 11.3 Å². The lowest BCUT2D eigenvalue weighted by Crippen LogP contribution is -2.23. The fourth-order valence-corrected chi connectivity index (χ4v) is 2.45. The van der Waals surface area contributed by atoms with Crippen molar-refractivity contribution < 1.29 is 24.9 Å². The second-order valence-corrected chi connectivity index (χ2v) is 5.33. The van der Waals surface area contributed by atoms with Crippen LogP contribution in [-0.4, -0.2) is 17.0 Å². The minimum Gasteiger partial charge on any atom is -0.871 e. The van der Waals surface area contributed by atoms with Crippen molar-refractivity contribution in [3.63, 3.8) is 0 Å². The summed E-state index contributed by atoms with van der Waals surface area (Å²) in [7, 11) is 0. The lowest BCUT2D eigenvalue weighted by Gasteiger charge is -2.24. The Morgan fingerprint density at radius 1 is 1.25 bits per heavy atom. The predicted molar refractivity (Wildman–Crippen MR) is 53.8 cm³/mol. The highest BCUT2D eigenvalue weighted by atomic mass is 32.1. The number of rotatable bonds is 2. The minimum atomic E-state index is -1.63. The molecule has 0 unspecified atom stereocenters. The number of thiophene rings is 1. The molecule has 88 valence electrons. The molecule has 0 aliphatic carbocycles. The van der Waals surface area contributed by atoms with E-state index in [0.29, 0.717) is 11.3 Å². The highest BCUT2D eigenvalue weighted by Gasteiger charge is 2.26. The Morgan fingerprint density at radius 3 is 2.00 bits per heavy atom. The molecule has 1 aromatic rings. The Bertz CT molecular complexity index is 453. The van der Waals surface area contributed by atoms with Gasteiger partial charge in [0, 0.05) is 4.88 Å². The van der Waals surface area contributed by atoms with E-state index in [1.54, 1.807) is 20.8 Å². The van der Waals surface area contributed by atoms with Crippen molar-refractivity contribution in [1.29, 1.82) is 0 Å². The zero-order chi connectivity index (χ0) is 12.7. The molecule has 0 radical (unpaired) electrons. The van der Waals surface area contributed by atoms with Crippen molar-refractivity contribution in [3.8, 4) is 5.75 Å². The summed E-state index contributed by atoms with van der Waals surface area (Å²) in [6.07, 6.45) is 0. The Balaban J connectivity index is 3.57. The van der Waals surface area contributed by atoms with Crippen molar-refractivity contribution in [1.82, 2.24) is 0 Å². The molecule has 0 spiro atoms. The van der Waals surface area contributed by atoms with Crippen LogP contribution in [0.3, 0.4) is 0 Å². The Hall–Kier alpha value is -1.56. The number of carbonyl (C=O) groups is 2. The van der Waals surface area contributed by atoms with Crippen LogP contribution in [-0.2, 0) is 5.41 Å². The maximum atomic E-state index is 11.7. The molecule has 5 nitrogen and oxygen atoms in total. The minimum absolute atomic E-state index is 0.0178. The van der Waals surface area contributed by atoms with Crippen molar-refractivity contribution in [3.05, 3.63) is 15.3 Å². The van der Waals surface area contributed by atoms with Gasteiger partial charge in [-0.05, 0) is 11.0 Å². The van der Waals surface area contributed by atoms with Crippen LogP contribution in [0, 0.1) is 0 Å². The summed E-state index contributed by atoms with van der Waals surface area (Å²) >= 11 is 0.455. The number of aromatic carboxylic acids is 2. The summed E-state index contributed by atoms with van der Waals surface area (Å²) in [6.45, 7) is 4.96. The summed E-state index contributed by atoms with van der Waals surface area (Å²) < 4.78 is 0. The summed E-state index contributed by atoms with van der Waals surface area (Å²) in [4.78, 5) is 20.8. The molecular formula is C10H10O5S-2. The Kier molecular flexibility index (Phi) is 2.96. The smallest absolute Gasteiger partial charge is 0.346 e. The molecule has 0 bridgehead atoms. The predicted octanol–water partition coefficient (Wildman–Crippen LogP) is 0.181. The zero-order valence-electron chi connectivity index (χ0n) is 8.99. The van der Waals surface area contributed by atoms with E-state index in [2.05, 4.69) is 0 Å². The van der Waals surface area contributed by atoms with Gasteiger partial charge in [-0.1, -0.05) is 26.5 Å². The van der Waals surface area contributed by atoms with E-state index in [1.165, 1.54) is 0 Å².